The van der Waals surface area contributed by atoms with E-state index < -0.39 is 6.10 Å². The van der Waals surface area contributed by atoms with Gasteiger partial charge in [-0.2, -0.15) is 0 Å². The number of fused-ring (bicyclic) bond motifs is 1. The second-order valence-corrected chi connectivity index (χ2v) is 7.40. The van der Waals surface area contributed by atoms with Crippen LogP contribution in [0.2, 0.25) is 0 Å². The number of amides is 3. The number of methoxy groups -OCH3 is 2. The van der Waals surface area contributed by atoms with Gasteiger partial charge in [-0.1, -0.05) is 30.3 Å². The first-order valence-electron chi connectivity index (χ1n) is 9.68. The van der Waals surface area contributed by atoms with Gasteiger partial charge in [0.2, 0.25) is 0 Å². The molecule has 3 atom stereocenters. The summed E-state index contributed by atoms with van der Waals surface area (Å²) in [7, 11) is 3.16. The van der Waals surface area contributed by atoms with Crippen LogP contribution < -0.4 is 10.1 Å². The standard InChI is InChI=1S/C22H25N3O4/c1-28-17-10-8-16(9-11-17)23-22(27)24-13-18-19(14-24)25(21(26)20(18)29-2)12-15-6-4-3-5-7-15/h3-11,18-20H,12-14H2,1-2H3,(H,23,27)/t18-,19+,20-/m0/s1. The molecule has 2 aliphatic heterocycles. The third-order valence-electron chi connectivity index (χ3n) is 5.73. The van der Waals surface area contributed by atoms with Gasteiger partial charge in [0.1, 0.15) is 11.9 Å². The Balaban J connectivity index is 1.46. The number of urea groups is 1. The van der Waals surface area contributed by atoms with Crippen LogP contribution in [0.1, 0.15) is 5.56 Å². The summed E-state index contributed by atoms with van der Waals surface area (Å²) < 4.78 is 10.7. The molecule has 7 nitrogen and oxygen atoms in total. The van der Waals surface area contributed by atoms with Crippen LogP contribution in [0, 0.1) is 5.92 Å². The quantitative estimate of drug-likeness (QED) is 0.845. The molecule has 0 aliphatic carbocycles. The number of carbonyl (C=O) groups is 2. The lowest BCUT2D eigenvalue weighted by Gasteiger charge is -2.25. The van der Waals surface area contributed by atoms with Crippen LogP contribution in [0.3, 0.4) is 0 Å². The molecule has 29 heavy (non-hydrogen) atoms. The monoisotopic (exact) mass is 395 g/mol. The molecule has 3 amide bonds. The lowest BCUT2D eigenvalue weighted by atomic mass is 10.0. The van der Waals surface area contributed by atoms with E-state index in [1.165, 1.54) is 0 Å². The summed E-state index contributed by atoms with van der Waals surface area (Å²) in [5.41, 5.74) is 1.77. The fourth-order valence-corrected chi connectivity index (χ4v) is 4.24. The third-order valence-corrected chi connectivity index (χ3v) is 5.73. The molecule has 4 rings (SSSR count). The Morgan fingerprint density at radius 1 is 1.07 bits per heavy atom. The van der Waals surface area contributed by atoms with Crippen molar-refractivity contribution in [2.75, 3.05) is 32.6 Å². The van der Waals surface area contributed by atoms with Crippen molar-refractivity contribution in [2.24, 2.45) is 5.92 Å². The number of nitrogens with one attached hydrogen (secondary N) is 1. The zero-order valence-corrected chi connectivity index (χ0v) is 16.6. The van der Waals surface area contributed by atoms with E-state index in [9.17, 15) is 9.59 Å². The Morgan fingerprint density at radius 2 is 1.79 bits per heavy atom. The zero-order valence-electron chi connectivity index (χ0n) is 16.6. The molecule has 2 aromatic rings. The van der Waals surface area contributed by atoms with E-state index >= 15 is 0 Å². The van der Waals surface area contributed by atoms with Crippen LogP contribution in [0.25, 0.3) is 0 Å². The topological polar surface area (TPSA) is 71.1 Å². The first kappa shape index (κ1) is 19.3. The maximum Gasteiger partial charge on any atom is 0.321 e. The normalized spacial score (nSPS) is 23.2. The van der Waals surface area contributed by atoms with E-state index in [2.05, 4.69) is 5.32 Å². The molecule has 0 saturated carbocycles. The molecule has 2 saturated heterocycles. The van der Waals surface area contributed by atoms with Gasteiger partial charge in [-0.05, 0) is 29.8 Å². The summed E-state index contributed by atoms with van der Waals surface area (Å²) in [5.74, 6) is 0.705. The molecule has 0 radical (unpaired) electrons. The molecule has 2 fully saturated rings. The SMILES string of the molecule is COc1ccc(NC(=O)N2C[C@@H]3[C@H](OC)C(=O)N(Cc4ccccc4)[C@@H]3C2)cc1. The summed E-state index contributed by atoms with van der Waals surface area (Å²) in [4.78, 5) is 29.2. The summed E-state index contributed by atoms with van der Waals surface area (Å²) in [6.07, 6.45) is -0.512. The van der Waals surface area contributed by atoms with Crippen molar-refractivity contribution in [3.05, 3.63) is 60.2 Å². The largest absolute Gasteiger partial charge is 0.497 e. The van der Waals surface area contributed by atoms with Crippen molar-refractivity contribution in [1.82, 2.24) is 9.80 Å². The number of rotatable bonds is 5. The van der Waals surface area contributed by atoms with Crippen molar-refractivity contribution >= 4 is 17.6 Å². The fourth-order valence-electron chi connectivity index (χ4n) is 4.24. The highest BCUT2D eigenvalue weighted by Crippen LogP contribution is 2.35. The Morgan fingerprint density at radius 3 is 2.45 bits per heavy atom. The Bertz CT molecular complexity index is 871. The van der Waals surface area contributed by atoms with Crippen LogP contribution in [-0.2, 0) is 16.1 Å². The van der Waals surface area contributed by atoms with Crippen LogP contribution >= 0.6 is 0 Å². The molecule has 2 aliphatic rings. The summed E-state index contributed by atoms with van der Waals surface area (Å²) in [6.45, 7) is 1.50. The minimum absolute atomic E-state index is 0.00145. The third kappa shape index (κ3) is 3.78. The van der Waals surface area contributed by atoms with Crippen LogP contribution in [-0.4, -0.2) is 61.2 Å². The predicted octanol–water partition coefficient (Wildman–Crippen LogP) is 2.58. The van der Waals surface area contributed by atoms with Gasteiger partial charge < -0.3 is 24.6 Å². The minimum Gasteiger partial charge on any atom is -0.497 e. The van der Waals surface area contributed by atoms with Gasteiger partial charge in [0.05, 0.1) is 13.2 Å². The van der Waals surface area contributed by atoms with E-state index in [0.29, 0.717) is 25.3 Å². The van der Waals surface area contributed by atoms with Crippen molar-refractivity contribution in [3.8, 4) is 5.75 Å². The summed E-state index contributed by atoms with van der Waals surface area (Å²) in [6, 6.07) is 16.9. The van der Waals surface area contributed by atoms with Gasteiger partial charge in [-0.25, -0.2) is 4.79 Å². The van der Waals surface area contributed by atoms with Crippen molar-refractivity contribution in [1.29, 1.82) is 0 Å². The van der Waals surface area contributed by atoms with Gasteiger partial charge in [0.15, 0.2) is 0 Å². The van der Waals surface area contributed by atoms with E-state index in [-0.39, 0.29) is 23.9 Å². The average Bonchev–Trinajstić information content (AvgIpc) is 3.27. The Hall–Kier alpha value is -3.06. The lowest BCUT2D eigenvalue weighted by molar-refractivity contribution is -0.138. The van der Waals surface area contributed by atoms with E-state index in [1.54, 1.807) is 43.4 Å². The first-order valence-corrected chi connectivity index (χ1v) is 9.68. The Kier molecular flexibility index (Phi) is 5.40. The molecular formula is C22H25N3O4. The minimum atomic E-state index is -0.512. The highest BCUT2D eigenvalue weighted by atomic mass is 16.5. The maximum absolute atomic E-state index is 12.9. The average molecular weight is 395 g/mol. The number of anilines is 1. The van der Waals surface area contributed by atoms with Crippen molar-refractivity contribution in [3.63, 3.8) is 0 Å². The highest BCUT2D eigenvalue weighted by molar-refractivity contribution is 5.90. The van der Waals surface area contributed by atoms with Gasteiger partial charge >= 0.3 is 6.03 Å². The molecule has 0 bridgehead atoms. The zero-order chi connectivity index (χ0) is 20.4. The molecule has 0 aromatic heterocycles. The van der Waals surface area contributed by atoms with Crippen LogP contribution in [0.4, 0.5) is 10.5 Å². The molecule has 7 heteroatoms. The smallest absolute Gasteiger partial charge is 0.321 e. The molecule has 2 heterocycles. The van der Waals surface area contributed by atoms with Crippen molar-refractivity contribution < 1.29 is 19.1 Å². The van der Waals surface area contributed by atoms with E-state index in [4.69, 9.17) is 9.47 Å². The molecule has 152 valence electrons. The second-order valence-electron chi connectivity index (χ2n) is 7.40. The number of ether oxygens (including phenoxy) is 2. The number of nitrogens with zero attached hydrogens (tertiary/aromatic N) is 2. The number of hydrogen-bond donors (Lipinski definition) is 1. The molecular weight excluding hydrogens is 370 g/mol. The first-order chi connectivity index (χ1) is 14.1. The number of hydrogen-bond acceptors (Lipinski definition) is 4. The number of likely N-dealkylation sites (tertiary alicyclic amines) is 2. The maximum atomic E-state index is 12.9. The van der Waals surface area contributed by atoms with Gasteiger partial charge in [0, 0.05) is 38.3 Å². The summed E-state index contributed by atoms with van der Waals surface area (Å²) >= 11 is 0. The number of carbonyl (C=O) groups excluding carboxylic acids is 2. The summed E-state index contributed by atoms with van der Waals surface area (Å²) in [5, 5.41) is 2.92. The number of benzene rings is 2. The fraction of sp³-hybridized carbons (Fsp3) is 0.364. The molecule has 2 aromatic carbocycles. The van der Waals surface area contributed by atoms with Crippen LogP contribution in [0.5, 0.6) is 5.75 Å². The molecule has 1 N–H and O–H groups in total. The van der Waals surface area contributed by atoms with Gasteiger partial charge in [0.25, 0.3) is 5.91 Å². The second kappa shape index (κ2) is 8.13. The van der Waals surface area contributed by atoms with E-state index in [0.717, 1.165) is 11.3 Å². The predicted molar refractivity (Wildman–Crippen MR) is 109 cm³/mol. The molecule has 0 unspecified atom stereocenters. The molecule has 0 spiro atoms. The van der Waals surface area contributed by atoms with Crippen molar-refractivity contribution in [2.45, 2.75) is 18.7 Å². The highest BCUT2D eigenvalue weighted by Gasteiger charge is 2.53. The van der Waals surface area contributed by atoms with E-state index in [1.807, 2.05) is 35.2 Å². The lowest BCUT2D eigenvalue weighted by Crippen LogP contribution is -2.41. The van der Waals surface area contributed by atoms with Crippen LogP contribution in [0.15, 0.2) is 54.6 Å². The Labute approximate surface area is 170 Å². The van der Waals surface area contributed by atoms with Gasteiger partial charge in [-0.3, -0.25) is 4.79 Å². The van der Waals surface area contributed by atoms with Gasteiger partial charge in [-0.15, -0.1) is 0 Å².